The van der Waals surface area contributed by atoms with Crippen molar-refractivity contribution >= 4 is 28.5 Å². The van der Waals surface area contributed by atoms with E-state index >= 15 is 0 Å². The Hall–Kier alpha value is -3.42. The van der Waals surface area contributed by atoms with Gasteiger partial charge in [0.15, 0.2) is 12.3 Å². The average Bonchev–Trinajstić information content (AvgIpc) is 2.94. The number of rotatable bonds is 5. The first-order valence-corrected chi connectivity index (χ1v) is 7.16. The summed E-state index contributed by atoms with van der Waals surface area (Å²) < 4.78 is 5.15. The van der Waals surface area contributed by atoms with E-state index in [1.54, 1.807) is 30.5 Å². The van der Waals surface area contributed by atoms with Crippen LogP contribution in [0.5, 0.6) is 5.75 Å². The number of hydrogen-bond donors (Lipinski definition) is 3. The number of nitrogens with one attached hydrogen (secondary N) is 2. The number of H-pyrrole nitrogens is 1. The predicted molar refractivity (Wildman–Crippen MR) is 87.7 cm³/mol. The number of aromatic amines is 1. The maximum Gasteiger partial charge on any atom is 0.255 e. The summed E-state index contributed by atoms with van der Waals surface area (Å²) in [4.78, 5) is 27.1. The molecule has 2 amide bonds. The number of carbonyl (C=O) groups excluding carboxylic acids is 2. The van der Waals surface area contributed by atoms with Crippen LogP contribution < -0.4 is 15.8 Å². The van der Waals surface area contributed by atoms with Crippen molar-refractivity contribution in [3.8, 4) is 5.75 Å². The average molecular weight is 325 g/mol. The van der Waals surface area contributed by atoms with Gasteiger partial charge in [0.1, 0.15) is 5.75 Å². The third kappa shape index (κ3) is 3.32. The first kappa shape index (κ1) is 15.5. The minimum atomic E-state index is -0.561. The number of amides is 2. The molecule has 0 bridgehead atoms. The summed E-state index contributed by atoms with van der Waals surface area (Å²) in [5.74, 6) is -0.379. The van der Waals surface area contributed by atoms with Gasteiger partial charge in [-0.05, 0) is 37.3 Å². The molecule has 122 valence electrons. The summed E-state index contributed by atoms with van der Waals surface area (Å²) in [5.41, 5.74) is 7.51. The molecule has 3 aromatic rings. The standard InChI is InChI=1S/C16H15N5O3/c1-9-13-6-11(7-18-15(13)21-20-9)19-16(23)10-2-4-12(5-3-10)24-8-14(17)22/h2-7H,8H2,1H3,(H2,17,22)(H,19,23)(H,18,20,21). The summed E-state index contributed by atoms with van der Waals surface area (Å²) >= 11 is 0. The quantitative estimate of drug-likeness (QED) is 0.654. The normalized spacial score (nSPS) is 10.5. The lowest BCUT2D eigenvalue weighted by Gasteiger charge is -2.07. The molecule has 2 aromatic heterocycles. The van der Waals surface area contributed by atoms with Crippen molar-refractivity contribution < 1.29 is 14.3 Å². The summed E-state index contributed by atoms with van der Waals surface area (Å²) in [7, 11) is 0. The van der Waals surface area contributed by atoms with Gasteiger partial charge in [0, 0.05) is 16.6 Å². The molecule has 0 aliphatic rings. The molecule has 0 aliphatic heterocycles. The molecule has 0 saturated carbocycles. The first-order valence-electron chi connectivity index (χ1n) is 7.16. The van der Waals surface area contributed by atoms with Gasteiger partial charge in [-0.25, -0.2) is 4.98 Å². The highest BCUT2D eigenvalue weighted by atomic mass is 16.5. The van der Waals surface area contributed by atoms with Gasteiger partial charge in [-0.1, -0.05) is 0 Å². The Kier molecular flexibility index (Phi) is 4.11. The molecular formula is C16H15N5O3. The van der Waals surface area contributed by atoms with E-state index in [1.165, 1.54) is 0 Å². The molecule has 0 radical (unpaired) electrons. The van der Waals surface area contributed by atoms with Gasteiger partial charge >= 0.3 is 0 Å². The van der Waals surface area contributed by atoms with Crippen molar-refractivity contribution in [2.75, 3.05) is 11.9 Å². The van der Waals surface area contributed by atoms with Gasteiger partial charge in [-0.15, -0.1) is 0 Å². The topological polar surface area (TPSA) is 123 Å². The van der Waals surface area contributed by atoms with E-state index in [0.717, 1.165) is 11.1 Å². The molecule has 0 saturated heterocycles. The van der Waals surface area contributed by atoms with Gasteiger partial charge in [0.05, 0.1) is 11.9 Å². The maximum atomic E-state index is 12.3. The van der Waals surface area contributed by atoms with Crippen molar-refractivity contribution in [3.05, 3.63) is 47.8 Å². The van der Waals surface area contributed by atoms with Crippen molar-refractivity contribution in [1.29, 1.82) is 0 Å². The van der Waals surface area contributed by atoms with E-state index in [0.29, 0.717) is 22.6 Å². The SMILES string of the molecule is Cc1[nH]nc2ncc(NC(=O)c3ccc(OCC(N)=O)cc3)cc12. The summed E-state index contributed by atoms with van der Waals surface area (Å²) in [6.07, 6.45) is 1.55. The minimum Gasteiger partial charge on any atom is -0.484 e. The molecule has 0 spiro atoms. The van der Waals surface area contributed by atoms with Gasteiger partial charge < -0.3 is 15.8 Å². The van der Waals surface area contributed by atoms with E-state index in [9.17, 15) is 9.59 Å². The number of carbonyl (C=O) groups is 2. The number of aryl methyl sites for hydroxylation is 1. The van der Waals surface area contributed by atoms with Crippen LogP contribution in [0, 0.1) is 6.92 Å². The van der Waals surface area contributed by atoms with Crippen LogP contribution in [0.3, 0.4) is 0 Å². The fraction of sp³-hybridized carbons (Fsp3) is 0.125. The second-order valence-corrected chi connectivity index (χ2v) is 5.18. The molecule has 8 heteroatoms. The van der Waals surface area contributed by atoms with Crippen LogP contribution in [0.25, 0.3) is 11.0 Å². The van der Waals surface area contributed by atoms with E-state index in [-0.39, 0.29) is 12.5 Å². The van der Waals surface area contributed by atoms with Gasteiger partial charge in [0.2, 0.25) is 0 Å². The molecule has 2 heterocycles. The largest absolute Gasteiger partial charge is 0.484 e. The predicted octanol–water partition coefficient (Wildman–Crippen LogP) is 1.38. The molecule has 8 nitrogen and oxygen atoms in total. The van der Waals surface area contributed by atoms with Crippen molar-refractivity contribution in [1.82, 2.24) is 15.2 Å². The fourth-order valence-corrected chi connectivity index (χ4v) is 2.15. The van der Waals surface area contributed by atoms with Gasteiger partial charge in [-0.3, -0.25) is 14.7 Å². The highest BCUT2D eigenvalue weighted by Gasteiger charge is 2.09. The second-order valence-electron chi connectivity index (χ2n) is 5.18. The van der Waals surface area contributed by atoms with Crippen LogP contribution in [0.1, 0.15) is 16.1 Å². The Balaban J connectivity index is 1.71. The molecule has 24 heavy (non-hydrogen) atoms. The highest BCUT2D eigenvalue weighted by molar-refractivity contribution is 6.04. The Labute approximate surface area is 137 Å². The van der Waals surface area contributed by atoms with Crippen molar-refractivity contribution in [2.45, 2.75) is 6.92 Å². The number of pyridine rings is 1. The molecule has 0 fully saturated rings. The van der Waals surface area contributed by atoms with Crippen LogP contribution >= 0.6 is 0 Å². The summed E-state index contributed by atoms with van der Waals surface area (Å²) in [6, 6.07) is 8.20. The van der Waals surface area contributed by atoms with Crippen LogP contribution in [-0.4, -0.2) is 33.6 Å². The minimum absolute atomic E-state index is 0.207. The van der Waals surface area contributed by atoms with Crippen molar-refractivity contribution in [2.24, 2.45) is 5.73 Å². The zero-order valence-electron chi connectivity index (χ0n) is 12.9. The third-order valence-corrected chi connectivity index (χ3v) is 3.36. The molecule has 0 unspecified atom stereocenters. The zero-order chi connectivity index (χ0) is 17.1. The lowest BCUT2D eigenvalue weighted by molar-refractivity contribution is -0.119. The fourth-order valence-electron chi connectivity index (χ4n) is 2.15. The van der Waals surface area contributed by atoms with Crippen molar-refractivity contribution in [3.63, 3.8) is 0 Å². The van der Waals surface area contributed by atoms with Crippen LogP contribution in [0.15, 0.2) is 36.5 Å². The molecule has 0 atom stereocenters. The molecule has 1 aromatic carbocycles. The lowest BCUT2D eigenvalue weighted by atomic mass is 10.2. The number of anilines is 1. The van der Waals surface area contributed by atoms with E-state index in [2.05, 4.69) is 20.5 Å². The number of benzene rings is 1. The number of primary amides is 1. The highest BCUT2D eigenvalue weighted by Crippen LogP contribution is 2.19. The smallest absolute Gasteiger partial charge is 0.255 e. The first-order chi connectivity index (χ1) is 11.5. The number of fused-ring (bicyclic) bond motifs is 1. The van der Waals surface area contributed by atoms with Gasteiger partial charge in [-0.2, -0.15) is 5.10 Å². The monoisotopic (exact) mass is 325 g/mol. The Morgan fingerprint density at radius 2 is 2.04 bits per heavy atom. The van der Waals surface area contributed by atoms with Crippen LogP contribution in [-0.2, 0) is 4.79 Å². The van der Waals surface area contributed by atoms with Gasteiger partial charge in [0.25, 0.3) is 11.8 Å². The number of ether oxygens (including phenoxy) is 1. The summed E-state index contributed by atoms with van der Waals surface area (Å²) in [5, 5.41) is 10.5. The van der Waals surface area contributed by atoms with Crippen LogP contribution in [0.4, 0.5) is 5.69 Å². The zero-order valence-corrected chi connectivity index (χ0v) is 12.9. The molecule has 0 aliphatic carbocycles. The van der Waals surface area contributed by atoms with E-state index in [1.807, 2.05) is 13.0 Å². The second kappa shape index (κ2) is 6.37. The third-order valence-electron chi connectivity index (χ3n) is 3.36. The van der Waals surface area contributed by atoms with E-state index in [4.69, 9.17) is 10.5 Å². The molecule has 3 rings (SSSR count). The van der Waals surface area contributed by atoms with E-state index < -0.39 is 5.91 Å². The van der Waals surface area contributed by atoms with Crippen LogP contribution in [0.2, 0.25) is 0 Å². The number of nitrogens with zero attached hydrogens (tertiary/aromatic N) is 2. The Bertz CT molecular complexity index is 902. The maximum absolute atomic E-state index is 12.3. The number of aromatic nitrogens is 3. The molecular weight excluding hydrogens is 310 g/mol. The summed E-state index contributed by atoms with van der Waals surface area (Å²) in [6.45, 7) is 1.68. The molecule has 4 N–H and O–H groups in total. The Morgan fingerprint density at radius 1 is 1.29 bits per heavy atom. The lowest BCUT2D eigenvalue weighted by Crippen LogP contribution is -2.20. The number of nitrogens with two attached hydrogens (primary N) is 1. The number of hydrogen-bond acceptors (Lipinski definition) is 5. The Morgan fingerprint density at radius 3 is 2.75 bits per heavy atom.